The van der Waals surface area contributed by atoms with E-state index in [1.807, 2.05) is 12.1 Å². The van der Waals surface area contributed by atoms with E-state index >= 15 is 0 Å². The maximum absolute atomic E-state index is 9.26. The Kier molecular flexibility index (Phi) is 7.04. The molecule has 0 unspecified atom stereocenters. The maximum atomic E-state index is 9.26. The molecule has 0 saturated heterocycles. The number of nitrogens with zero attached hydrogens (tertiary/aromatic N) is 1. The Bertz CT molecular complexity index is 402. The monoisotopic (exact) mass is 291 g/mol. The summed E-state index contributed by atoms with van der Waals surface area (Å²) in [6.07, 6.45) is 7.65. The molecule has 0 heterocycles. The number of ether oxygens (including phenoxy) is 1. The molecule has 0 bridgehead atoms. The van der Waals surface area contributed by atoms with Crippen LogP contribution in [0, 0.1) is 6.92 Å². The molecule has 0 spiro atoms. The number of aliphatic hydroxyl groups is 1. The van der Waals surface area contributed by atoms with Gasteiger partial charge in [0.1, 0.15) is 5.75 Å². The van der Waals surface area contributed by atoms with Crippen LogP contribution in [-0.4, -0.2) is 42.4 Å². The number of hydrogen-bond donors (Lipinski definition) is 1. The average molecular weight is 291 g/mol. The predicted octanol–water partition coefficient (Wildman–Crippen LogP) is 3.39. The molecule has 3 nitrogen and oxygen atoms in total. The second-order valence-electron chi connectivity index (χ2n) is 6.07. The minimum Gasteiger partial charge on any atom is -0.494 e. The van der Waals surface area contributed by atoms with Gasteiger partial charge in [-0.1, -0.05) is 31.4 Å². The summed E-state index contributed by atoms with van der Waals surface area (Å²) >= 11 is 0. The van der Waals surface area contributed by atoms with Crippen molar-refractivity contribution in [1.29, 1.82) is 0 Å². The lowest BCUT2D eigenvalue weighted by Gasteiger charge is -2.33. The molecule has 2 rings (SSSR count). The van der Waals surface area contributed by atoms with Gasteiger partial charge in [0.25, 0.3) is 0 Å². The average Bonchev–Trinajstić information content (AvgIpc) is 2.51. The zero-order valence-electron chi connectivity index (χ0n) is 13.3. The number of aliphatic hydroxyl groups excluding tert-OH is 1. The molecule has 1 fully saturated rings. The third-order valence-electron chi connectivity index (χ3n) is 4.33. The summed E-state index contributed by atoms with van der Waals surface area (Å²) in [6.45, 7) is 4.92. The normalized spacial score (nSPS) is 16.3. The van der Waals surface area contributed by atoms with E-state index in [1.165, 1.54) is 37.7 Å². The van der Waals surface area contributed by atoms with Gasteiger partial charge >= 0.3 is 0 Å². The van der Waals surface area contributed by atoms with Crippen LogP contribution in [0.4, 0.5) is 0 Å². The SMILES string of the molecule is Cc1cccc(OCCCN(CCO)C2CCCCC2)c1. The van der Waals surface area contributed by atoms with E-state index in [0.29, 0.717) is 6.04 Å². The summed E-state index contributed by atoms with van der Waals surface area (Å²) in [4.78, 5) is 2.46. The van der Waals surface area contributed by atoms with Crippen LogP contribution < -0.4 is 4.74 Å². The van der Waals surface area contributed by atoms with Gasteiger partial charge in [0.05, 0.1) is 13.2 Å². The van der Waals surface area contributed by atoms with E-state index in [-0.39, 0.29) is 6.61 Å². The van der Waals surface area contributed by atoms with Crippen molar-refractivity contribution < 1.29 is 9.84 Å². The van der Waals surface area contributed by atoms with Crippen molar-refractivity contribution in [2.24, 2.45) is 0 Å². The summed E-state index contributed by atoms with van der Waals surface area (Å²) in [5, 5.41) is 9.26. The molecule has 0 aliphatic heterocycles. The fraction of sp³-hybridized carbons (Fsp3) is 0.667. The van der Waals surface area contributed by atoms with Gasteiger partial charge in [-0.2, -0.15) is 0 Å². The van der Waals surface area contributed by atoms with Crippen molar-refractivity contribution in [3.8, 4) is 5.75 Å². The number of aryl methyl sites for hydroxylation is 1. The third kappa shape index (κ3) is 5.68. The lowest BCUT2D eigenvalue weighted by atomic mass is 9.94. The van der Waals surface area contributed by atoms with E-state index in [1.54, 1.807) is 0 Å². The van der Waals surface area contributed by atoms with Gasteiger partial charge in [-0.3, -0.25) is 4.90 Å². The van der Waals surface area contributed by atoms with Crippen molar-refractivity contribution in [2.75, 3.05) is 26.3 Å². The fourth-order valence-electron chi connectivity index (χ4n) is 3.21. The number of benzene rings is 1. The standard InChI is InChI=1S/C18H29NO2/c1-16-7-5-10-18(15-16)21-14-6-11-19(12-13-20)17-8-3-2-4-9-17/h5,7,10,15,17,20H,2-4,6,8-9,11-14H2,1H3. The van der Waals surface area contributed by atoms with Crippen LogP contribution in [0.25, 0.3) is 0 Å². The van der Waals surface area contributed by atoms with E-state index in [9.17, 15) is 5.11 Å². The van der Waals surface area contributed by atoms with Crippen LogP contribution in [0.15, 0.2) is 24.3 Å². The highest BCUT2D eigenvalue weighted by molar-refractivity contribution is 5.27. The van der Waals surface area contributed by atoms with Gasteiger partial charge in [0, 0.05) is 19.1 Å². The quantitative estimate of drug-likeness (QED) is 0.745. The summed E-state index contributed by atoms with van der Waals surface area (Å²) in [5.74, 6) is 0.960. The molecule has 1 saturated carbocycles. The van der Waals surface area contributed by atoms with Crippen molar-refractivity contribution in [1.82, 2.24) is 4.90 Å². The van der Waals surface area contributed by atoms with Gasteiger partial charge in [-0.25, -0.2) is 0 Å². The first-order valence-electron chi connectivity index (χ1n) is 8.34. The van der Waals surface area contributed by atoms with Crippen LogP contribution in [0.5, 0.6) is 5.75 Å². The lowest BCUT2D eigenvalue weighted by molar-refractivity contribution is 0.116. The highest BCUT2D eigenvalue weighted by atomic mass is 16.5. The van der Waals surface area contributed by atoms with Gasteiger partial charge in [-0.05, 0) is 43.9 Å². The molecule has 1 aliphatic carbocycles. The Morgan fingerprint density at radius 1 is 1.19 bits per heavy atom. The van der Waals surface area contributed by atoms with E-state index in [0.717, 1.165) is 31.9 Å². The summed E-state index contributed by atoms with van der Waals surface area (Å²) < 4.78 is 5.81. The van der Waals surface area contributed by atoms with Gasteiger partial charge < -0.3 is 9.84 Å². The molecule has 0 amide bonds. The Balaban J connectivity index is 1.71. The number of hydrogen-bond acceptors (Lipinski definition) is 3. The van der Waals surface area contributed by atoms with E-state index in [4.69, 9.17) is 4.74 Å². The number of rotatable bonds is 8. The fourth-order valence-corrected chi connectivity index (χ4v) is 3.21. The Hall–Kier alpha value is -1.06. The van der Waals surface area contributed by atoms with Crippen LogP contribution >= 0.6 is 0 Å². The molecule has 1 aromatic rings. The summed E-state index contributed by atoms with van der Waals surface area (Å²) in [6, 6.07) is 8.88. The smallest absolute Gasteiger partial charge is 0.119 e. The minimum atomic E-state index is 0.259. The van der Waals surface area contributed by atoms with Gasteiger partial charge in [0.2, 0.25) is 0 Å². The predicted molar refractivity (Wildman–Crippen MR) is 86.8 cm³/mol. The maximum Gasteiger partial charge on any atom is 0.119 e. The zero-order valence-corrected chi connectivity index (χ0v) is 13.3. The first-order chi connectivity index (χ1) is 10.3. The van der Waals surface area contributed by atoms with Crippen molar-refractivity contribution in [3.05, 3.63) is 29.8 Å². The molecule has 1 aliphatic rings. The van der Waals surface area contributed by atoms with Gasteiger partial charge in [0.15, 0.2) is 0 Å². The van der Waals surface area contributed by atoms with Crippen LogP contribution in [-0.2, 0) is 0 Å². The molecule has 118 valence electrons. The van der Waals surface area contributed by atoms with E-state index in [2.05, 4.69) is 24.0 Å². The highest BCUT2D eigenvalue weighted by Crippen LogP contribution is 2.22. The van der Waals surface area contributed by atoms with E-state index < -0.39 is 0 Å². The molecule has 0 radical (unpaired) electrons. The van der Waals surface area contributed by atoms with Crippen LogP contribution in [0.1, 0.15) is 44.1 Å². The zero-order chi connectivity index (χ0) is 14.9. The molecule has 1 aromatic carbocycles. The Labute approximate surface area is 128 Å². The third-order valence-corrected chi connectivity index (χ3v) is 4.33. The second kappa shape index (κ2) is 9.06. The van der Waals surface area contributed by atoms with Crippen LogP contribution in [0.3, 0.4) is 0 Å². The topological polar surface area (TPSA) is 32.7 Å². The molecular weight excluding hydrogens is 262 g/mol. The Morgan fingerprint density at radius 2 is 2.00 bits per heavy atom. The largest absolute Gasteiger partial charge is 0.494 e. The first kappa shape index (κ1) is 16.3. The van der Waals surface area contributed by atoms with Gasteiger partial charge in [-0.15, -0.1) is 0 Å². The van der Waals surface area contributed by atoms with Crippen LogP contribution in [0.2, 0.25) is 0 Å². The molecule has 21 heavy (non-hydrogen) atoms. The molecule has 1 N–H and O–H groups in total. The molecule has 0 aromatic heterocycles. The second-order valence-corrected chi connectivity index (χ2v) is 6.07. The Morgan fingerprint density at radius 3 is 2.71 bits per heavy atom. The molecular formula is C18H29NO2. The molecule has 0 atom stereocenters. The molecule has 3 heteroatoms. The summed E-state index contributed by atoms with van der Waals surface area (Å²) in [5.41, 5.74) is 1.23. The highest BCUT2D eigenvalue weighted by Gasteiger charge is 2.20. The summed E-state index contributed by atoms with van der Waals surface area (Å²) in [7, 11) is 0. The van der Waals surface area contributed by atoms with Crippen molar-refractivity contribution in [3.63, 3.8) is 0 Å². The van der Waals surface area contributed by atoms with Crippen molar-refractivity contribution in [2.45, 2.75) is 51.5 Å². The lowest BCUT2D eigenvalue weighted by Crippen LogP contribution is -2.39. The van der Waals surface area contributed by atoms with Crippen molar-refractivity contribution >= 4 is 0 Å². The first-order valence-corrected chi connectivity index (χ1v) is 8.34. The minimum absolute atomic E-state index is 0.259.